The number of hydrogen-bond acceptors (Lipinski definition) is 5. The molecule has 1 aromatic carbocycles. The lowest BCUT2D eigenvalue weighted by atomic mass is 9.64. The standard InChI is InChI=1S/C30H41FN4O2.136H2/c1-18-13-21(31)14-23-25(18)26(33-37-23)20-9-11-34(30(7,8)15-20)12-10-22-19(2)32-24-16-28(3,4)29(5,6)17-35(24)27(22)36;;;;;;;;;;;;;;;;;;;;;;;;;;;;;;;;;;;;;;;;;;;;;;;;;;;;;;;;;;;;;;;;;;;;;;;;;;;;;;;;;;;;;;;;;;;;;;;;;;;;;;;;;;;;;;;;;;;;;;;;;;;;;;;;;;;;;;;;/h13-14,20H,9-12,15-17H2,1-8H3;136*1H. The summed E-state index contributed by atoms with van der Waals surface area (Å²) < 4.78 is 21.3. The summed E-state index contributed by atoms with van der Waals surface area (Å²) in [7, 11) is 0. The lowest BCUT2D eigenvalue weighted by molar-refractivity contribution is 0.0563. The van der Waals surface area contributed by atoms with Crippen molar-refractivity contribution in [1.82, 2.24) is 19.6 Å². The molecule has 5 rings (SSSR count). The first-order chi connectivity index (χ1) is 17.2. The van der Waals surface area contributed by atoms with Crippen LogP contribution in [0.3, 0.4) is 0 Å². The van der Waals surface area contributed by atoms with Gasteiger partial charge < -0.3 is 4.52 Å². The molecule has 6 nitrogen and oxygen atoms in total. The fourth-order valence-corrected chi connectivity index (χ4v) is 6.46. The van der Waals surface area contributed by atoms with Crippen molar-refractivity contribution in [2.24, 2.45) is 10.8 Å². The summed E-state index contributed by atoms with van der Waals surface area (Å²) in [6, 6.07) is 2.98. The van der Waals surface area contributed by atoms with Gasteiger partial charge in [0, 0.05) is 248 Å². The molecule has 37 heavy (non-hydrogen) atoms. The van der Waals surface area contributed by atoms with Crippen molar-refractivity contribution >= 4 is 11.0 Å². The number of aryl methyl sites for hydroxylation is 2. The predicted octanol–water partition coefficient (Wildman–Crippen LogP) is 39.4. The van der Waals surface area contributed by atoms with E-state index in [1.165, 1.54) is 6.07 Å². The van der Waals surface area contributed by atoms with Gasteiger partial charge in [0.05, 0.1) is 5.69 Å². The van der Waals surface area contributed by atoms with Crippen LogP contribution < -0.4 is 5.56 Å². The predicted molar refractivity (Wildman–Crippen MR) is 432 cm³/mol. The summed E-state index contributed by atoms with van der Waals surface area (Å²) in [6.07, 6.45) is 3.39. The molecule has 1 fully saturated rings. The van der Waals surface area contributed by atoms with Crippen LogP contribution in [0.4, 0.5) is 4.39 Å². The van der Waals surface area contributed by atoms with Crippen molar-refractivity contribution in [2.45, 2.75) is 99.1 Å². The summed E-state index contributed by atoms with van der Waals surface area (Å²) in [5, 5.41) is 5.33. The van der Waals surface area contributed by atoms with E-state index in [2.05, 4.69) is 51.6 Å². The van der Waals surface area contributed by atoms with Gasteiger partial charge in [-0.2, -0.15) is 0 Å². The number of piperidine rings is 1. The number of aromatic nitrogens is 3. The minimum Gasteiger partial charge on any atom is -0.356 e. The van der Waals surface area contributed by atoms with E-state index in [0.29, 0.717) is 18.5 Å². The maximum Gasteiger partial charge on any atom is 0.257 e. The van der Waals surface area contributed by atoms with Crippen LogP contribution in [0, 0.1) is 30.5 Å². The third kappa shape index (κ3) is 4.43. The second-order valence-electron chi connectivity index (χ2n) is 13.3. The van der Waals surface area contributed by atoms with Crippen LogP contribution in [0.15, 0.2) is 21.5 Å². The molecule has 0 radical (unpaired) electrons. The van der Waals surface area contributed by atoms with Crippen LogP contribution in [0.2, 0.25) is 0 Å². The summed E-state index contributed by atoms with van der Waals surface area (Å²) in [5.41, 5.74) is 4.24. The summed E-state index contributed by atoms with van der Waals surface area (Å²) >= 11 is 0. The number of hydrogen-bond donors (Lipinski definition) is 0. The fraction of sp³-hybridized carbons (Fsp3) is 0.633. The molecule has 0 N–H and O–H groups in total. The minimum atomic E-state index is -0.294. The maximum atomic E-state index is 13.8. The first-order valence-electron chi connectivity index (χ1n) is 13.6. The van der Waals surface area contributed by atoms with Crippen molar-refractivity contribution in [2.75, 3.05) is 13.1 Å². The number of rotatable bonds is 4. The van der Waals surface area contributed by atoms with Crippen molar-refractivity contribution < 1.29 is 203 Å². The Labute approximate surface area is 421 Å². The Morgan fingerprint density at radius 3 is 2.57 bits per heavy atom. The Kier molecular flexibility index (Phi) is 6.17. The lowest BCUT2D eigenvalue weighted by Gasteiger charge is -2.46. The van der Waals surface area contributed by atoms with E-state index in [4.69, 9.17) is 9.51 Å². The van der Waals surface area contributed by atoms with E-state index < -0.39 is 0 Å². The molecule has 2 aromatic heterocycles. The molecule has 3 aromatic rings. The van der Waals surface area contributed by atoms with E-state index in [-0.39, 0.29) is 228 Å². The van der Waals surface area contributed by atoms with Gasteiger partial charge in [-0.05, 0) is 76.0 Å². The molecular weight excluding hydrogens is 467 g/mol. The molecule has 0 amide bonds. The Morgan fingerprint density at radius 2 is 1.86 bits per heavy atom. The number of benzene rings is 1. The monoisotopic (exact) mass is 782 g/mol. The van der Waals surface area contributed by atoms with Gasteiger partial charge >= 0.3 is 0 Å². The molecule has 472 valence electrons. The molecule has 0 spiro atoms. The van der Waals surface area contributed by atoms with Crippen LogP contribution in [-0.2, 0) is 19.4 Å². The van der Waals surface area contributed by atoms with Crippen LogP contribution in [-0.4, -0.2) is 38.2 Å². The molecule has 2 aliphatic heterocycles. The second-order valence-corrected chi connectivity index (χ2v) is 13.3. The third-order valence-corrected chi connectivity index (χ3v) is 9.66. The van der Waals surface area contributed by atoms with Gasteiger partial charge in [-0.25, -0.2) is 9.37 Å². The molecule has 0 aliphatic carbocycles. The highest BCUT2D eigenvalue weighted by Crippen LogP contribution is 2.45. The van der Waals surface area contributed by atoms with Crippen LogP contribution in [0.1, 0.15) is 283 Å². The largest absolute Gasteiger partial charge is 0.356 e. The van der Waals surface area contributed by atoms with E-state index in [9.17, 15) is 9.18 Å². The molecule has 0 saturated carbocycles. The van der Waals surface area contributed by atoms with Gasteiger partial charge in [-0.1, -0.05) is 32.9 Å². The van der Waals surface area contributed by atoms with Crippen molar-refractivity contribution in [3.05, 3.63) is 56.6 Å². The van der Waals surface area contributed by atoms with Crippen LogP contribution in [0.5, 0.6) is 0 Å². The molecule has 2 aliphatic rings. The summed E-state index contributed by atoms with van der Waals surface area (Å²) in [6.45, 7) is 19.9. The van der Waals surface area contributed by atoms with Gasteiger partial charge in [0.25, 0.3) is 5.56 Å². The van der Waals surface area contributed by atoms with Gasteiger partial charge in [0.15, 0.2) is 5.58 Å². The molecule has 7 heteroatoms. The second kappa shape index (κ2) is 8.75. The molecule has 1 saturated heterocycles. The molecule has 1 unspecified atom stereocenters. The Bertz CT molecular complexity index is 1540. The van der Waals surface area contributed by atoms with Crippen molar-refractivity contribution in [3.63, 3.8) is 0 Å². The SMILES string of the molecule is Cc1nc2n(c(=O)c1CCN1CCC(c3noc4cc(F)cc(C)c34)CC1(C)C)CC(C)(C)C(C)(C)C2.[HH].[HH].[HH].[HH].[HH].[HH].[HH].[HH].[HH].[HH].[HH].[HH].[HH].[HH].[HH].[HH].[HH].[HH].[HH].[HH].[HH].[HH].[HH].[HH].[HH].[HH].[HH].[HH].[HH].[HH].[HH].[HH].[HH].[HH].[HH].[HH].[HH].[HH].[HH].[HH].[HH].[HH].[HH].[HH].[HH].[HH].[HH].[HH].[HH].[HH].[HH].[HH].[HH].[HH].[HH].[HH].[HH].[HH].[HH].[HH].[HH].[HH].[HH].[HH].[HH].[HH].[HH].[HH].[HH].[HH].[HH].[HH].[HH].[HH].[HH].[HH].[HH].[HH].[HH].[HH].[HH].[HH].[HH].[HH].[HH].[HH].[HH].[HH].[HH].[HH].[HH].[HH].[HH].[HH].[HH].[HH].[HH].[HH].[HH].[HH].[HH].[HH].[HH].[HH].[HH].[HH].[HH].[HH].[HH].[HH].[HH].[HH].[HH].[HH].[HH].[HH].[HH].[HH].[HH].[HH].[HH].[HH].[HH].[HH].[HH].[HH].[HH].[HH].[HH].[HH].[HH].[HH].[HH].[HH].[HH].[HH]. The highest BCUT2D eigenvalue weighted by molar-refractivity contribution is 5.83. The number of likely N-dealkylation sites (tertiary alicyclic amines) is 1. The highest BCUT2D eigenvalue weighted by Gasteiger charge is 2.43. The Hall–Kier alpha value is -2.54. The maximum absolute atomic E-state index is 13.8. The van der Waals surface area contributed by atoms with E-state index in [0.717, 1.165) is 66.1 Å². The Balaban J connectivity index is -0.000000000951. The highest BCUT2D eigenvalue weighted by atomic mass is 19.1. The zero-order valence-corrected chi connectivity index (χ0v) is 23.7. The summed E-state index contributed by atoms with van der Waals surface area (Å²) in [5.74, 6) is 0.879. The topological polar surface area (TPSA) is 64.2 Å². The molecule has 1 atom stereocenters. The average Bonchev–Trinajstić information content (AvgIpc) is 3.20. The average molecular weight is 783 g/mol. The molecular formula is C30H313FN4O2. The Morgan fingerprint density at radius 1 is 1.14 bits per heavy atom. The summed E-state index contributed by atoms with van der Waals surface area (Å²) in [4.78, 5) is 21.0. The molecule has 4 heterocycles. The lowest BCUT2D eigenvalue weighted by Crippen LogP contribution is -2.51. The molecule has 0 bridgehead atoms. The third-order valence-electron chi connectivity index (χ3n) is 9.66. The fourth-order valence-electron chi connectivity index (χ4n) is 6.46. The van der Waals surface area contributed by atoms with E-state index in [1.54, 1.807) is 6.07 Å². The number of fused-ring (bicyclic) bond motifs is 2. The first-order valence-corrected chi connectivity index (χ1v) is 13.6. The normalized spacial score (nSPS) is 22.8. The van der Waals surface area contributed by atoms with Crippen molar-refractivity contribution in [3.8, 4) is 0 Å². The van der Waals surface area contributed by atoms with Gasteiger partial charge in [0.2, 0.25) is 0 Å². The van der Waals surface area contributed by atoms with Gasteiger partial charge in [-0.15, -0.1) is 0 Å². The first kappa shape index (κ1) is 26.1. The van der Waals surface area contributed by atoms with Crippen LogP contribution in [0.25, 0.3) is 11.0 Å². The van der Waals surface area contributed by atoms with Gasteiger partial charge in [-0.3, -0.25) is 14.3 Å². The van der Waals surface area contributed by atoms with Gasteiger partial charge in [0.1, 0.15) is 11.6 Å². The van der Waals surface area contributed by atoms with E-state index >= 15 is 0 Å². The van der Waals surface area contributed by atoms with Crippen LogP contribution >= 0.6 is 0 Å². The number of halogens is 1. The zero-order valence-electron chi connectivity index (χ0n) is 23.7. The smallest absolute Gasteiger partial charge is 0.257 e. The minimum absolute atomic E-state index is 0. The quantitative estimate of drug-likeness (QED) is 0.264. The zero-order chi connectivity index (χ0) is 26.9. The van der Waals surface area contributed by atoms with E-state index in [1.807, 2.05) is 18.4 Å². The number of nitrogens with zero attached hydrogens (tertiary/aromatic N) is 4. The van der Waals surface area contributed by atoms with Crippen molar-refractivity contribution in [1.29, 1.82) is 0 Å².